The van der Waals surface area contributed by atoms with Crippen LogP contribution in [-0.2, 0) is 19.5 Å². The van der Waals surface area contributed by atoms with Gasteiger partial charge in [0, 0.05) is 0 Å². The van der Waals surface area contributed by atoms with Crippen LogP contribution in [0.4, 0.5) is 0 Å². The number of sulfonamides is 1. The standard InChI is InChI=1S/C17H27BN4O6S/c1-10-8-14(28-4)11(2)12(3)15(10)29(26,27)22-17(19)20-7-5-6-13(16(23)24)21-9-18-25/h8,13,21H,5-7,9H2,1-4H3,(H,23,24)(H3,19,20,22)/t13-/m1/s1. The molecule has 0 aliphatic rings. The molecule has 1 atom stereocenters. The van der Waals surface area contributed by atoms with Crippen molar-refractivity contribution < 1.29 is 27.8 Å². The third kappa shape index (κ3) is 6.82. The number of rotatable bonds is 11. The molecule has 0 saturated carbocycles. The van der Waals surface area contributed by atoms with Crippen molar-refractivity contribution in [3.63, 3.8) is 0 Å². The molecule has 29 heavy (non-hydrogen) atoms. The fourth-order valence-electron chi connectivity index (χ4n) is 2.87. The number of hydrogen-bond acceptors (Lipinski definition) is 7. The van der Waals surface area contributed by atoms with Crippen LogP contribution < -0.4 is 20.5 Å². The normalized spacial score (nSPS) is 12.9. The molecule has 0 heterocycles. The molecule has 0 spiro atoms. The molecule has 0 aliphatic heterocycles. The van der Waals surface area contributed by atoms with Gasteiger partial charge in [0.1, 0.15) is 5.75 Å². The van der Waals surface area contributed by atoms with Crippen molar-refractivity contribution in [3.05, 3.63) is 22.8 Å². The summed E-state index contributed by atoms with van der Waals surface area (Å²) in [5.41, 5.74) is 7.47. The second-order valence-electron chi connectivity index (χ2n) is 6.46. The zero-order chi connectivity index (χ0) is 22.2. The first-order chi connectivity index (χ1) is 13.5. The van der Waals surface area contributed by atoms with E-state index in [1.807, 2.05) is 0 Å². The Morgan fingerprint density at radius 1 is 1.34 bits per heavy atom. The Morgan fingerprint density at radius 3 is 2.55 bits per heavy atom. The number of nitrogens with one attached hydrogen (secondary N) is 2. The number of ether oxygens (including phenoxy) is 1. The van der Waals surface area contributed by atoms with Crippen LogP contribution in [0.3, 0.4) is 0 Å². The minimum atomic E-state index is -3.95. The Bertz CT molecular complexity index is 888. The zero-order valence-corrected chi connectivity index (χ0v) is 17.8. The van der Waals surface area contributed by atoms with Crippen LogP contribution in [0.25, 0.3) is 0 Å². The number of methoxy groups -OCH3 is 1. The predicted octanol–water partition coefficient (Wildman–Crippen LogP) is 0.0437. The van der Waals surface area contributed by atoms with E-state index in [4.69, 9.17) is 15.6 Å². The van der Waals surface area contributed by atoms with E-state index >= 15 is 0 Å². The molecule has 0 amide bonds. The molecular weight excluding hydrogens is 399 g/mol. The van der Waals surface area contributed by atoms with E-state index in [-0.39, 0.29) is 30.3 Å². The van der Waals surface area contributed by atoms with Gasteiger partial charge in [-0.2, -0.15) is 0 Å². The van der Waals surface area contributed by atoms with Crippen LogP contribution in [0.5, 0.6) is 5.75 Å². The van der Waals surface area contributed by atoms with Gasteiger partial charge in [-0.25, -0.2) is 0 Å². The summed E-state index contributed by atoms with van der Waals surface area (Å²) in [5, 5.41) is 11.6. The van der Waals surface area contributed by atoms with Crippen molar-refractivity contribution in [1.29, 1.82) is 0 Å². The fraction of sp³-hybridized carbons (Fsp3) is 0.529. The van der Waals surface area contributed by atoms with E-state index in [9.17, 15) is 17.9 Å². The summed E-state index contributed by atoms with van der Waals surface area (Å²) in [6, 6.07) is 0.753. The average Bonchev–Trinajstić information content (AvgIpc) is 2.63. The number of benzene rings is 1. The number of hydrogen-bond donors (Lipinski definition) is 4. The molecule has 10 nitrogen and oxygen atoms in total. The maximum absolute atomic E-state index is 12.8. The first-order valence-electron chi connectivity index (χ1n) is 8.92. The van der Waals surface area contributed by atoms with Gasteiger partial charge in [-0.1, -0.05) is 0 Å². The molecule has 12 heteroatoms. The van der Waals surface area contributed by atoms with E-state index < -0.39 is 22.0 Å². The Kier molecular flexibility index (Phi) is 9.24. The molecule has 160 valence electrons. The number of nitrogens with zero attached hydrogens (tertiary/aromatic N) is 1. The van der Waals surface area contributed by atoms with Crippen molar-refractivity contribution in [2.45, 2.75) is 44.6 Å². The van der Waals surface area contributed by atoms with Crippen molar-refractivity contribution in [2.75, 3.05) is 20.1 Å². The van der Waals surface area contributed by atoms with E-state index in [0.717, 1.165) is 0 Å². The Hall–Kier alpha value is -2.47. The Morgan fingerprint density at radius 2 is 2.00 bits per heavy atom. The summed E-state index contributed by atoms with van der Waals surface area (Å²) >= 11 is 0. The summed E-state index contributed by atoms with van der Waals surface area (Å²) in [4.78, 5) is 15.1. The van der Waals surface area contributed by atoms with Crippen LogP contribution in [0, 0.1) is 20.8 Å². The predicted molar refractivity (Wildman–Crippen MR) is 109 cm³/mol. The van der Waals surface area contributed by atoms with Gasteiger partial charge >= 0.3 is 121 Å². The topological polar surface area (TPSA) is 160 Å². The Labute approximate surface area is 171 Å². The van der Waals surface area contributed by atoms with E-state index in [0.29, 0.717) is 36.0 Å². The smallest absolute Gasteiger partial charge is 0.0380 e. The minimum absolute atomic E-state index is 0.0673. The van der Waals surface area contributed by atoms with Gasteiger partial charge in [0.25, 0.3) is 0 Å². The SMILES string of the molecule is COc1cc(C)c(S(=O)(=O)NC(N)=NCCC[C@@H](NCB=O)C(=O)O)c(C)c1C. The van der Waals surface area contributed by atoms with Gasteiger partial charge in [-0.3, -0.25) is 0 Å². The number of aliphatic carboxylic acids is 1. The summed E-state index contributed by atoms with van der Waals surface area (Å²) in [6.07, 6.45) is 0.482. The number of aryl methyl sites for hydroxylation is 1. The quantitative estimate of drug-likeness (QED) is 0.167. The summed E-state index contributed by atoms with van der Waals surface area (Å²) in [6.45, 7) is 5.24. The molecule has 5 N–H and O–H groups in total. The van der Waals surface area contributed by atoms with Crippen LogP contribution >= 0.6 is 0 Å². The molecule has 1 rings (SSSR count). The molecule has 1 aromatic carbocycles. The number of carboxylic acid groups (broad SMARTS) is 1. The number of carbonyl (C=O) groups is 1. The van der Waals surface area contributed by atoms with Gasteiger partial charge in [-0.15, -0.1) is 0 Å². The van der Waals surface area contributed by atoms with Gasteiger partial charge in [-0.05, 0) is 32.4 Å². The van der Waals surface area contributed by atoms with Crippen molar-refractivity contribution >= 4 is 29.1 Å². The van der Waals surface area contributed by atoms with Gasteiger partial charge < -0.3 is 4.74 Å². The average molecular weight is 426 g/mol. The molecule has 0 bridgehead atoms. The van der Waals surface area contributed by atoms with Crippen molar-refractivity contribution in [3.8, 4) is 5.75 Å². The molecule has 0 saturated heterocycles. The fourth-order valence-corrected chi connectivity index (χ4v) is 4.35. The maximum atomic E-state index is 12.8. The zero-order valence-electron chi connectivity index (χ0n) is 17.0. The molecule has 0 aliphatic carbocycles. The first-order valence-corrected chi connectivity index (χ1v) is 10.4. The minimum Gasteiger partial charge on any atom is -0.0380 e. The van der Waals surface area contributed by atoms with Gasteiger partial charge in [0.2, 0.25) is 0 Å². The number of aliphatic imine (C=N–C) groups is 1. The van der Waals surface area contributed by atoms with Gasteiger partial charge in [0.05, 0.1) is 7.11 Å². The van der Waals surface area contributed by atoms with Crippen LogP contribution in [-0.4, -0.2) is 58.7 Å². The molecule has 1 aromatic rings. The van der Waals surface area contributed by atoms with Gasteiger partial charge in [0.15, 0.2) is 0 Å². The second kappa shape index (κ2) is 10.9. The third-order valence-electron chi connectivity index (χ3n) is 4.38. The molecule has 0 aromatic heterocycles. The first kappa shape index (κ1) is 24.6. The summed E-state index contributed by atoms with van der Waals surface area (Å²) in [7, 11) is -1.86. The van der Waals surface area contributed by atoms with E-state index in [1.54, 1.807) is 26.8 Å². The third-order valence-corrected chi connectivity index (χ3v) is 6.03. The molecule has 0 radical (unpaired) electrons. The van der Waals surface area contributed by atoms with Crippen LogP contribution in [0.2, 0.25) is 0 Å². The van der Waals surface area contributed by atoms with E-state index in [2.05, 4.69) is 15.0 Å². The van der Waals surface area contributed by atoms with Crippen LogP contribution in [0.15, 0.2) is 16.0 Å². The number of carboxylic acids is 1. The number of nitrogens with two attached hydrogens (primary N) is 1. The van der Waals surface area contributed by atoms with Crippen molar-refractivity contribution in [1.82, 2.24) is 10.0 Å². The monoisotopic (exact) mass is 426 g/mol. The Balaban J connectivity index is 2.83. The van der Waals surface area contributed by atoms with E-state index in [1.165, 1.54) is 7.11 Å². The molecular formula is C17H27BN4O6S. The second-order valence-corrected chi connectivity index (χ2v) is 8.07. The van der Waals surface area contributed by atoms with Crippen molar-refractivity contribution in [2.24, 2.45) is 10.7 Å². The molecule has 0 unspecified atom stereocenters. The number of guanidine groups is 1. The molecule has 0 fully saturated rings. The summed E-state index contributed by atoms with van der Waals surface area (Å²) < 4.78 is 43.3. The summed E-state index contributed by atoms with van der Waals surface area (Å²) in [5.74, 6) is -0.771. The van der Waals surface area contributed by atoms with Crippen LogP contribution in [0.1, 0.15) is 29.5 Å².